The zero-order chi connectivity index (χ0) is 11.5. The topological polar surface area (TPSA) is 0 Å². The minimum absolute atomic E-state index is 0. The molecular formula is C16H20Li. The van der Waals surface area contributed by atoms with Crippen LogP contribution >= 0.6 is 0 Å². The molecule has 0 amide bonds. The van der Waals surface area contributed by atoms with Gasteiger partial charge in [0, 0.05) is 18.9 Å². The quantitative estimate of drug-likeness (QED) is 0.680. The van der Waals surface area contributed by atoms with Crippen LogP contribution in [0.1, 0.15) is 37.5 Å². The minimum atomic E-state index is 0. The molecule has 0 fully saturated rings. The predicted molar refractivity (Wildman–Crippen MR) is 77.8 cm³/mol. The summed E-state index contributed by atoms with van der Waals surface area (Å²) in [4.78, 5) is 0. The smallest absolute Gasteiger partial charge is 0 e. The Morgan fingerprint density at radius 1 is 0.824 bits per heavy atom. The normalized spacial score (nSPS) is 10.3. The van der Waals surface area contributed by atoms with E-state index in [1.54, 1.807) is 11.1 Å². The van der Waals surface area contributed by atoms with Gasteiger partial charge >= 0.3 is 0 Å². The summed E-state index contributed by atoms with van der Waals surface area (Å²) in [6, 6.07) is 11.1. The van der Waals surface area contributed by atoms with Crippen molar-refractivity contribution in [1.29, 1.82) is 0 Å². The summed E-state index contributed by atoms with van der Waals surface area (Å²) >= 11 is 0. The van der Waals surface area contributed by atoms with Crippen molar-refractivity contribution in [3.05, 3.63) is 47.0 Å². The van der Waals surface area contributed by atoms with Crippen LogP contribution in [-0.2, 0) is 19.3 Å². The van der Waals surface area contributed by atoms with E-state index in [-0.39, 0.29) is 18.9 Å². The van der Waals surface area contributed by atoms with Gasteiger partial charge in [-0.3, -0.25) is 0 Å². The summed E-state index contributed by atoms with van der Waals surface area (Å²) in [6.45, 7) is 6.78. The maximum atomic E-state index is 2.37. The molecule has 2 aromatic carbocycles. The number of aryl methyl sites for hydroxylation is 2. The predicted octanol–water partition coefficient (Wildman–Crippen LogP) is 4.15. The van der Waals surface area contributed by atoms with E-state index in [0.717, 1.165) is 19.3 Å². The van der Waals surface area contributed by atoms with Crippen molar-refractivity contribution in [3.8, 4) is 0 Å². The van der Waals surface area contributed by atoms with Crippen molar-refractivity contribution in [2.24, 2.45) is 0 Å². The fraction of sp³-hybridized carbons (Fsp3) is 0.375. The molecule has 0 spiro atoms. The average Bonchev–Trinajstić information content (AvgIpc) is 2.36. The zero-order valence-corrected chi connectivity index (χ0v) is 11.5. The van der Waals surface area contributed by atoms with E-state index in [1.165, 1.54) is 16.3 Å². The minimum Gasteiger partial charge on any atom is -0.0616 e. The van der Waals surface area contributed by atoms with E-state index in [9.17, 15) is 0 Å². The van der Waals surface area contributed by atoms with Crippen LogP contribution in [-0.4, -0.2) is 18.9 Å². The number of benzene rings is 2. The second-order valence-electron chi connectivity index (χ2n) is 4.27. The number of rotatable bonds is 3. The van der Waals surface area contributed by atoms with Crippen molar-refractivity contribution >= 4 is 29.6 Å². The Balaban J connectivity index is 0.00000144. The Hall–Kier alpha value is -0.703. The number of hydrogen-bond acceptors (Lipinski definition) is 0. The molecule has 0 aliphatic heterocycles. The van der Waals surface area contributed by atoms with E-state index in [4.69, 9.17) is 0 Å². The molecule has 0 bridgehead atoms. The molecular weight excluding hydrogens is 199 g/mol. The maximum absolute atomic E-state index is 2.37. The van der Waals surface area contributed by atoms with Crippen molar-refractivity contribution < 1.29 is 0 Å². The first kappa shape index (κ1) is 14.4. The van der Waals surface area contributed by atoms with Gasteiger partial charge in [-0.25, -0.2) is 0 Å². The molecule has 17 heavy (non-hydrogen) atoms. The molecule has 1 heteroatoms. The number of hydrogen-bond donors (Lipinski definition) is 0. The summed E-state index contributed by atoms with van der Waals surface area (Å²) < 4.78 is 0. The van der Waals surface area contributed by atoms with Gasteiger partial charge in [0.05, 0.1) is 0 Å². The van der Waals surface area contributed by atoms with Crippen LogP contribution in [0, 0.1) is 0 Å². The summed E-state index contributed by atoms with van der Waals surface area (Å²) in [5.74, 6) is 0. The van der Waals surface area contributed by atoms with E-state index in [1.807, 2.05) is 0 Å². The van der Waals surface area contributed by atoms with Crippen LogP contribution in [0.3, 0.4) is 0 Å². The Labute approximate surface area is 117 Å². The molecule has 0 aliphatic carbocycles. The Kier molecular flexibility index (Phi) is 5.31. The third-order valence-electron chi connectivity index (χ3n) is 3.46. The molecule has 1 radical (unpaired) electrons. The Bertz CT molecular complexity index is 500. The first-order valence-corrected chi connectivity index (χ1v) is 6.34. The first-order chi connectivity index (χ1) is 7.81. The molecule has 0 atom stereocenters. The van der Waals surface area contributed by atoms with Gasteiger partial charge in [0.2, 0.25) is 0 Å². The van der Waals surface area contributed by atoms with Gasteiger partial charge in [-0.15, -0.1) is 0 Å². The monoisotopic (exact) mass is 219 g/mol. The molecule has 0 saturated carbocycles. The first-order valence-electron chi connectivity index (χ1n) is 6.34. The third-order valence-corrected chi connectivity index (χ3v) is 3.46. The van der Waals surface area contributed by atoms with Crippen molar-refractivity contribution in [2.45, 2.75) is 40.0 Å². The van der Waals surface area contributed by atoms with Gasteiger partial charge in [0.1, 0.15) is 0 Å². The van der Waals surface area contributed by atoms with Crippen LogP contribution in [0.25, 0.3) is 10.8 Å². The van der Waals surface area contributed by atoms with Crippen molar-refractivity contribution in [1.82, 2.24) is 0 Å². The molecule has 0 N–H and O–H groups in total. The fourth-order valence-electron chi connectivity index (χ4n) is 2.69. The zero-order valence-electron chi connectivity index (χ0n) is 11.5. The molecule has 0 unspecified atom stereocenters. The average molecular weight is 219 g/mol. The van der Waals surface area contributed by atoms with Crippen LogP contribution < -0.4 is 0 Å². The molecule has 2 aromatic rings. The van der Waals surface area contributed by atoms with Gasteiger partial charge in [-0.1, -0.05) is 51.1 Å². The van der Waals surface area contributed by atoms with E-state index >= 15 is 0 Å². The van der Waals surface area contributed by atoms with Gasteiger partial charge in [0.25, 0.3) is 0 Å². The van der Waals surface area contributed by atoms with Crippen molar-refractivity contribution in [2.75, 3.05) is 0 Å². The summed E-state index contributed by atoms with van der Waals surface area (Å²) in [6.07, 6.45) is 3.43. The van der Waals surface area contributed by atoms with Crippen LogP contribution in [0.2, 0.25) is 0 Å². The molecule has 85 valence electrons. The van der Waals surface area contributed by atoms with Crippen LogP contribution in [0.15, 0.2) is 30.3 Å². The molecule has 0 nitrogen and oxygen atoms in total. The van der Waals surface area contributed by atoms with Gasteiger partial charge in [0.15, 0.2) is 0 Å². The molecule has 0 aromatic heterocycles. The second kappa shape index (κ2) is 6.29. The van der Waals surface area contributed by atoms with Gasteiger partial charge in [-0.2, -0.15) is 0 Å². The van der Waals surface area contributed by atoms with Crippen LogP contribution in [0.5, 0.6) is 0 Å². The third kappa shape index (κ3) is 2.59. The molecule has 0 heterocycles. The molecule has 0 aliphatic rings. The molecule has 0 saturated heterocycles. The second-order valence-corrected chi connectivity index (χ2v) is 4.27. The Morgan fingerprint density at radius 2 is 1.47 bits per heavy atom. The van der Waals surface area contributed by atoms with Gasteiger partial charge < -0.3 is 0 Å². The van der Waals surface area contributed by atoms with Gasteiger partial charge in [-0.05, 0) is 46.7 Å². The van der Waals surface area contributed by atoms with E-state index in [0.29, 0.717) is 0 Å². The molecule has 2 rings (SSSR count). The summed E-state index contributed by atoms with van der Waals surface area (Å²) in [5, 5.41) is 2.84. The van der Waals surface area contributed by atoms with Crippen molar-refractivity contribution in [3.63, 3.8) is 0 Å². The summed E-state index contributed by atoms with van der Waals surface area (Å²) in [5.41, 5.74) is 4.65. The number of fused-ring (bicyclic) bond motifs is 1. The van der Waals surface area contributed by atoms with E-state index < -0.39 is 0 Å². The summed E-state index contributed by atoms with van der Waals surface area (Å²) in [7, 11) is 0. The Morgan fingerprint density at radius 3 is 2.06 bits per heavy atom. The standard InChI is InChI=1S/C16H20.Li/c1-4-12-11-13-9-7-8-10-16(13)15(6-3)14(12)5-2;/h7-11H,4-6H2,1-3H3;. The van der Waals surface area contributed by atoms with Crippen LogP contribution in [0.4, 0.5) is 0 Å². The SMILES string of the molecule is CCc1cc2ccccc2c(CC)c1CC.[Li]. The maximum Gasteiger partial charge on any atom is 0 e. The largest absolute Gasteiger partial charge is 0.0616 e. The fourth-order valence-corrected chi connectivity index (χ4v) is 2.69. The van der Waals surface area contributed by atoms with E-state index in [2.05, 4.69) is 51.1 Å².